The second kappa shape index (κ2) is 5.45. The number of amides is 2. The Balaban J connectivity index is 1.78. The Bertz CT molecular complexity index is 942. The lowest BCUT2D eigenvalue weighted by Crippen LogP contribution is -2.65. The van der Waals surface area contributed by atoms with Gasteiger partial charge in [-0.25, -0.2) is 4.79 Å². The Morgan fingerprint density at radius 3 is 2.69 bits per heavy atom. The predicted molar refractivity (Wildman–Crippen MR) is 96.4 cm³/mol. The van der Waals surface area contributed by atoms with Crippen LogP contribution in [0.25, 0.3) is 0 Å². The number of non-ortho nitro benzene ring substituents is 1. The number of hydrogen-bond donors (Lipinski definition) is 1. The number of carbonyl (C=O) groups excluding carboxylic acids is 1. The summed E-state index contributed by atoms with van der Waals surface area (Å²) in [6, 6.07) is 9.76. The van der Waals surface area contributed by atoms with Crippen molar-refractivity contribution in [3.05, 3.63) is 63.2 Å². The summed E-state index contributed by atoms with van der Waals surface area (Å²) in [5, 5.41) is 14.0. The molecule has 2 heterocycles. The Kier molecular flexibility index (Phi) is 3.44. The summed E-state index contributed by atoms with van der Waals surface area (Å²) in [5.74, 6) is 0.559. The summed E-state index contributed by atoms with van der Waals surface area (Å²) in [6.07, 6.45) is 0.500. The van der Waals surface area contributed by atoms with Crippen LogP contribution >= 0.6 is 0 Å². The van der Waals surface area contributed by atoms with E-state index in [1.807, 2.05) is 39.0 Å². The quantitative estimate of drug-likeness (QED) is 0.654. The van der Waals surface area contributed by atoms with Crippen LogP contribution in [-0.4, -0.2) is 16.7 Å². The lowest BCUT2D eigenvalue weighted by molar-refractivity contribution is -0.385. The third kappa shape index (κ3) is 2.39. The number of benzene rings is 2. The number of nitrogens with zero attached hydrogens (tertiary/aromatic N) is 2. The fourth-order valence-corrected chi connectivity index (χ4v) is 3.73. The number of ether oxygens (including phenoxy) is 1. The van der Waals surface area contributed by atoms with E-state index in [2.05, 4.69) is 5.32 Å². The molecular weight excluding hydrogens is 334 g/mol. The van der Waals surface area contributed by atoms with Crippen molar-refractivity contribution in [1.82, 2.24) is 5.32 Å². The minimum atomic E-state index is -0.863. The molecule has 0 saturated carbocycles. The summed E-state index contributed by atoms with van der Waals surface area (Å²) < 4.78 is 6.18. The molecule has 2 aliphatic heterocycles. The highest BCUT2D eigenvalue weighted by molar-refractivity contribution is 5.95. The maximum absolute atomic E-state index is 12.8. The third-order valence-corrected chi connectivity index (χ3v) is 5.21. The Morgan fingerprint density at radius 2 is 2.00 bits per heavy atom. The van der Waals surface area contributed by atoms with Gasteiger partial charge in [-0.2, -0.15) is 0 Å². The lowest BCUT2D eigenvalue weighted by Gasteiger charge is -2.50. The predicted octanol–water partition coefficient (Wildman–Crippen LogP) is 3.98. The second-order valence-electron chi connectivity index (χ2n) is 7.07. The fourth-order valence-electron chi connectivity index (χ4n) is 3.73. The molecule has 0 radical (unpaired) electrons. The molecular formula is C19H19N3O4. The first-order valence-electron chi connectivity index (χ1n) is 8.44. The molecule has 0 spiro atoms. The maximum Gasteiger partial charge on any atom is 0.325 e. The molecule has 2 atom stereocenters. The molecule has 4 rings (SSSR count). The van der Waals surface area contributed by atoms with Crippen LogP contribution in [0.4, 0.5) is 16.2 Å². The van der Waals surface area contributed by atoms with Crippen molar-refractivity contribution >= 4 is 17.4 Å². The van der Waals surface area contributed by atoms with E-state index < -0.39 is 10.6 Å². The van der Waals surface area contributed by atoms with E-state index in [-0.39, 0.29) is 17.8 Å². The third-order valence-electron chi connectivity index (χ3n) is 5.21. The number of urea groups is 1. The minimum Gasteiger partial charge on any atom is -0.467 e. The van der Waals surface area contributed by atoms with Gasteiger partial charge in [0.1, 0.15) is 5.75 Å². The van der Waals surface area contributed by atoms with Crippen LogP contribution in [0.15, 0.2) is 36.4 Å². The van der Waals surface area contributed by atoms with Crippen LogP contribution in [0.1, 0.15) is 36.1 Å². The number of nitro benzene ring substituents is 1. The van der Waals surface area contributed by atoms with E-state index in [4.69, 9.17) is 4.74 Å². The number of nitrogens with one attached hydrogen (secondary N) is 1. The molecule has 1 N–H and O–H groups in total. The monoisotopic (exact) mass is 353 g/mol. The zero-order valence-corrected chi connectivity index (χ0v) is 14.8. The average Bonchev–Trinajstić information content (AvgIpc) is 2.57. The molecule has 0 aromatic heterocycles. The van der Waals surface area contributed by atoms with E-state index in [1.54, 1.807) is 11.0 Å². The van der Waals surface area contributed by atoms with Gasteiger partial charge >= 0.3 is 6.03 Å². The van der Waals surface area contributed by atoms with Gasteiger partial charge in [0.15, 0.2) is 5.72 Å². The second-order valence-corrected chi connectivity index (χ2v) is 7.07. The average molecular weight is 353 g/mol. The highest BCUT2D eigenvalue weighted by Gasteiger charge is 2.50. The standard InChI is InChI=1S/C19H19N3O4/c1-11-4-5-13(8-12(11)2)21-18(23)20-16-10-19(21,3)26-17-7-6-14(22(24)25)9-15(16)17/h4-9,16H,10H2,1-3H3,(H,20,23)/t16-,19-/m0/s1. The highest BCUT2D eigenvalue weighted by Crippen LogP contribution is 2.46. The molecule has 0 unspecified atom stereocenters. The summed E-state index contributed by atoms with van der Waals surface area (Å²) in [7, 11) is 0. The number of rotatable bonds is 2. The van der Waals surface area contributed by atoms with Crippen LogP contribution in [0.2, 0.25) is 0 Å². The first kappa shape index (κ1) is 16.4. The lowest BCUT2D eigenvalue weighted by atomic mass is 9.89. The zero-order chi connectivity index (χ0) is 18.6. The first-order valence-corrected chi connectivity index (χ1v) is 8.44. The number of hydrogen-bond acceptors (Lipinski definition) is 4. The molecule has 7 heteroatoms. The summed E-state index contributed by atoms with van der Waals surface area (Å²) in [5.41, 5.74) is 2.77. The van der Waals surface area contributed by atoms with E-state index in [0.29, 0.717) is 17.7 Å². The van der Waals surface area contributed by atoms with Gasteiger partial charge in [-0.1, -0.05) is 6.07 Å². The SMILES string of the molecule is Cc1ccc(N2C(=O)N[C@H]3C[C@]2(C)Oc2ccc([N+](=O)[O-])cc23)cc1C. The number of carbonyl (C=O) groups is 1. The van der Waals surface area contributed by atoms with Crippen molar-refractivity contribution in [3.8, 4) is 5.75 Å². The van der Waals surface area contributed by atoms with Crippen molar-refractivity contribution in [1.29, 1.82) is 0 Å². The smallest absolute Gasteiger partial charge is 0.325 e. The number of fused-ring (bicyclic) bond motifs is 4. The van der Waals surface area contributed by atoms with Crippen LogP contribution in [0.3, 0.4) is 0 Å². The zero-order valence-electron chi connectivity index (χ0n) is 14.8. The van der Waals surface area contributed by atoms with Crippen LogP contribution in [0, 0.1) is 24.0 Å². The summed E-state index contributed by atoms with van der Waals surface area (Å²) in [6.45, 7) is 5.90. The van der Waals surface area contributed by atoms with Crippen molar-refractivity contribution in [3.63, 3.8) is 0 Å². The van der Waals surface area contributed by atoms with E-state index in [1.165, 1.54) is 12.1 Å². The highest BCUT2D eigenvalue weighted by atomic mass is 16.6. The largest absolute Gasteiger partial charge is 0.467 e. The Labute approximate surface area is 150 Å². The number of anilines is 1. The van der Waals surface area contributed by atoms with Gasteiger partial charge in [0, 0.05) is 29.8 Å². The molecule has 2 bridgehead atoms. The van der Waals surface area contributed by atoms with E-state index in [0.717, 1.165) is 16.8 Å². The van der Waals surface area contributed by atoms with Crippen molar-refractivity contribution < 1.29 is 14.5 Å². The molecule has 1 saturated heterocycles. The van der Waals surface area contributed by atoms with Crippen molar-refractivity contribution in [2.24, 2.45) is 0 Å². The molecule has 1 fully saturated rings. The van der Waals surface area contributed by atoms with Gasteiger partial charge < -0.3 is 10.1 Å². The van der Waals surface area contributed by atoms with Crippen molar-refractivity contribution in [2.45, 2.75) is 39.0 Å². The Hall–Kier alpha value is -3.09. The van der Waals surface area contributed by atoms with Crippen molar-refractivity contribution in [2.75, 3.05) is 4.90 Å². The topological polar surface area (TPSA) is 84.7 Å². The maximum atomic E-state index is 12.8. The Morgan fingerprint density at radius 1 is 1.23 bits per heavy atom. The fraction of sp³-hybridized carbons (Fsp3) is 0.316. The first-order chi connectivity index (χ1) is 12.3. The van der Waals surface area contributed by atoms with E-state index >= 15 is 0 Å². The molecule has 2 aromatic rings. The van der Waals surface area contributed by atoms with Crippen LogP contribution in [0.5, 0.6) is 5.75 Å². The molecule has 134 valence electrons. The van der Waals surface area contributed by atoms with Gasteiger partial charge in [0.25, 0.3) is 5.69 Å². The number of nitro groups is 1. The van der Waals surface area contributed by atoms with Crippen LogP contribution < -0.4 is 15.0 Å². The van der Waals surface area contributed by atoms with Gasteiger partial charge in [-0.3, -0.25) is 15.0 Å². The number of aryl methyl sites for hydroxylation is 2. The molecule has 26 heavy (non-hydrogen) atoms. The molecule has 0 aliphatic carbocycles. The normalized spacial score (nSPS) is 23.7. The van der Waals surface area contributed by atoms with Gasteiger partial charge in [-0.05, 0) is 50.1 Å². The minimum absolute atomic E-state index is 0.0122. The van der Waals surface area contributed by atoms with Gasteiger partial charge in [0.05, 0.1) is 11.0 Å². The summed E-state index contributed by atoms with van der Waals surface area (Å²) in [4.78, 5) is 25.1. The van der Waals surface area contributed by atoms with E-state index in [9.17, 15) is 14.9 Å². The van der Waals surface area contributed by atoms with Gasteiger partial charge in [0.2, 0.25) is 0 Å². The van der Waals surface area contributed by atoms with Gasteiger partial charge in [-0.15, -0.1) is 0 Å². The molecule has 7 nitrogen and oxygen atoms in total. The molecule has 2 amide bonds. The van der Waals surface area contributed by atoms with Crippen LogP contribution in [-0.2, 0) is 0 Å². The summed E-state index contributed by atoms with van der Waals surface area (Å²) >= 11 is 0. The molecule has 2 aliphatic rings. The molecule has 2 aromatic carbocycles.